The van der Waals surface area contributed by atoms with E-state index in [9.17, 15) is 9.90 Å². The van der Waals surface area contributed by atoms with Gasteiger partial charge in [0.25, 0.3) is 0 Å². The van der Waals surface area contributed by atoms with Crippen LogP contribution in [0.1, 0.15) is 59.3 Å². The zero-order valence-electron chi connectivity index (χ0n) is 12.6. The van der Waals surface area contributed by atoms with E-state index in [1.807, 2.05) is 6.92 Å². The number of carbonyl (C=O) groups excluding carboxylic acids is 1. The van der Waals surface area contributed by atoms with Crippen molar-refractivity contribution in [2.75, 3.05) is 0 Å². The van der Waals surface area contributed by atoms with Crippen LogP contribution in [0, 0.1) is 35.0 Å². The van der Waals surface area contributed by atoms with Crippen LogP contribution in [-0.4, -0.2) is 17.0 Å². The minimum atomic E-state index is -0.172. The molecule has 0 bridgehead atoms. The predicted molar refractivity (Wildman–Crippen MR) is 75.6 cm³/mol. The molecule has 3 aliphatic rings. The van der Waals surface area contributed by atoms with Gasteiger partial charge in [0, 0.05) is 12.3 Å². The molecule has 2 nitrogen and oxygen atoms in total. The number of aliphatic hydroxyl groups is 1. The van der Waals surface area contributed by atoms with Crippen LogP contribution in [-0.2, 0) is 4.79 Å². The Hall–Kier alpha value is -0.370. The van der Waals surface area contributed by atoms with Crippen LogP contribution < -0.4 is 0 Å². The van der Waals surface area contributed by atoms with E-state index < -0.39 is 0 Å². The SMILES string of the molecule is CC(O)[C@H]1CC[C@H]2[C@@H]3CCC(=O)[C@H](C)[C@@H]3CC[C@]12C. The molecular weight excluding hydrogens is 236 g/mol. The maximum atomic E-state index is 12.0. The summed E-state index contributed by atoms with van der Waals surface area (Å²) in [5.41, 5.74) is 0.329. The van der Waals surface area contributed by atoms with Crippen LogP contribution in [0.15, 0.2) is 0 Å². The second kappa shape index (κ2) is 4.58. The van der Waals surface area contributed by atoms with Crippen LogP contribution in [0.25, 0.3) is 0 Å². The molecule has 3 aliphatic carbocycles. The highest BCUT2D eigenvalue weighted by atomic mass is 16.3. The molecule has 0 saturated heterocycles. The van der Waals surface area contributed by atoms with Gasteiger partial charge >= 0.3 is 0 Å². The van der Waals surface area contributed by atoms with Crippen molar-refractivity contribution in [2.45, 2.75) is 65.4 Å². The van der Waals surface area contributed by atoms with Gasteiger partial charge in [0.2, 0.25) is 0 Å². The summed E-state index contributed by atoms with van der Waals surface area (Å²) in [6.45, 7) is 6.54. The van der Waals surface area contributed by atoms with Crippen molar-refractivity contribution in [1.82, 2.24) is 0 Å². The lowest BCUT2D eigenvalue weighted by Gasteiger charge is -2.52. The van der Waals surface area contributed by atoms with Crippen molar-refractivity contribution in [3.63, 3.8) is 0 Å². The van der Waals surface area contributed by atoms with Crippen molar-refractivity contribution in [1.29, 1.82) is 0 Å². The van der Waals surface area contributed by atoms with E-state index in [0.29, 0.717) is 23.0 Å². The van der Waals surface area contributed by atoms with E-state index in [4.69, 9.17) is 0 Å². The standard InChI is InChI=1S/C17H28O2/c1-10-12-8-9-17(3)14(11(2)18)5-6-15(17)13(12)4-7-16(10)19/h10-15,18H,4-9H2,1-3H3/t10-,11?,12+,13-,14-,15+,17-/m1/s1. The first kappa shape index (κ1) is 13.6. The van der Waals surface area contributed by atoms with E-state index in [0.717, 1.165) is 24.7 Å². The molecule has 7 atom stereocenters. The van der Waals surface area contributed by atoms with Gasteiger partial charge in [-0.2, -0.15) is 0 Å². The first-order chi connectivity index (χ1) is 8.95. The average Bonchev–Trinajstić information content (AvgIpc) is 2.71. The van der Waals surface area contributed by atoms with Crippen LogP contribution in [0.4, 0.5) is 0 Å². The molecule has 19 heavy (non-hydrogen) atoms. The molecule has 3 saturated carbocycles. The van der Waals surface area contributed by atoms with Crippen LogP contribution in [0.5, 0.6) is 0 Å². The van der Waals surface area contributed by atoms with Gasteiger partial charge in [0.15, 0.2) is 0 Å². The molecule has 2 heteroatoms. The Morgan fingerprint density at radius 1 is 1.21 bits per heavy atom. The van der Waals surface area contributed by atoms with E-state index in [-0.39, 0.29) is 12.0 Å². The van der Waals surface area contributed by atoms with Crippen molar-refractivity contribution in [3.8, 4) is 0 Å². The van der Waals surface area contributed by atoms with Gasteiger partial charge in [0.05, 0.1) is 6.10 Å². The first-order valence-corrected chi connectivity index (χ1v) is 8.16. The predicted octanol–water partition coefficient (Wildman–Crippen LogP) is 3.42. The summed E-state index contributed by atoms with van der Waals surface area (Å²) in [6, 6.07) is 0. The minimum Gasteiger partial charge on any atom is -0.393 e. The molecule has 0 aromatic carbocycles. The second-order valence-corrected chi connectivity index (χ2v) is 7.70. The van der Waals surface area contributed by atoms with Gasteiger partial charge in [-0.25, -0.2) is 0 Å². The van der Waals surface area contributed by atoms with Gasteiger partial charge in [-0.15, -0.1) is 0 Å². The second-order valence-electron chi connectivity index (χ2n) is 7.70. The van der Waals surface area contributed by atoms with Crippen molar-refractivity contribution in [2.24, 2.45) is 35.0 Å². The Kier molecular flexibility index (Phi) is 3.28. The van der Waals surface area contributed by atoms with Crippen molar-refractivity contribution < 1.29 is 9.90 Å². The van der Waals surface area contributed by atoms with E-state index in [1.54, 1.807) is 0 Å². The molecular formula is C17H28O2. The van der Waals surface area contributed by atoms with Crippen molar-refractivity contribution >= 4 is 5.78 Å². The zero-order valence-corrected chi connectivity index (χ0v) is 12.6. The first-order valence-electron chi connectivity index (χ1n) is 8.16. The summed E-state index contributed by atoms with van der Waals surface area (Å²) in [5.74, 6) is 3.39. The molecule has 0 radical (unpaired) electrons. The van der Waals surface area contributed by atoms with Crippen molar-refractivity contribution in [3.05, 3.63) is 0 Å². The maximum absolute atomic E-state index is 12.0. The molecule has 0 aromatic rings. The molecule has 3 fully saturated rings. The van der Waals surface area contributed by atoms with Gasteiger partial charge < -0.3 is 5.11 Å². The summed E-state index contributed by atoms with van der Waals surface area (Å²) < 4.78 is 0. The molecule has 0 heterocycles. The molecule has 0 spiro atoms. The highest BCUT2D eigenvalue weighted by molar-refractivity contribution is 5.81. The Morgan fingerprint density at radius 2 is 1.95 bits per heavy atom. The van der Waals surface area contributed by atoms with E-state index in [1.165, 1.54) is 25.7 Å². The smallest absolute Gasteiger partial charge is 0.135 e. The van der Waals surface area contributed by atoms with Gasteiger partial charge in [-0.05, 0) is 68.1 Å². The third-order valence-corrected chi connectivity index (χ3v) is 7.02. The minimum absolute atomic E-state index is 0.172. The monoisotopic (exact) mass is 264 g/mol. The number of hydrogen-bond donors (Lipinski definition) is 1. The molecule has 0 amide bonds. The summed E-state index contributed by atoms with van der Waals surface area (Å²) in [6.07, 6.45) is 6.61. The largest absolute Gasteiger partial charge is 0.393 e. The molecule has 1 unspecified atom stereocenters. The van der Waals surface area contributed by atoms with E-state index >= 15 is 0 Å². The number of Topliss-reactive ketones (excluding diaryl/α,β-unsaturated/α-hetero) is 1. The van der Waals surface area contributed by atoms with Crippen LogP contribution >= 0.6 is 0 Å². The topological polar surface area (TPSA) is 37.3 Å². The number of hydrogen-bond acceptors (Lipinski definition) is 2. The van der Waals surface area contributed by atoms with Crippen LogP contribution in [0.2, 0.25) is 0 Å². The fourth-order valence-corrected chi connectivity index (χ4v) is 5.96. The molecule has 0 aromatic heterocycles. The molecule has 0 aliphatic heterocycles. The average molecular weight is 264 g/mol. The highest BCUT2D eigenvalue weighted by Gasteiger charge is 2.56. The highest BCUT2D eigenvalue weighted by Crippen LogP contribution is 2.62. The zero-order chi connectivity index (χ0) is 13.8. The van der Waals surface area contributed by atoms with Gasteiger partial charge in [0.1, 0.15) is 5.78 Å². The fourth-order valence-electron chi connectivity index (χ4n) is 5.96. The maximum Gasteiger partial charge on any atom is 0.135 e. The van der Waals surface area contributed by atoms with Gasteiger partial charge in [-0.1, -0.05) is 13.8 Å². The summed E-state index contributed by atoms with van der Waals surface area (Å²) in [4.78, 5) is 12.0. The fraction of sp³-hybridized carbons (Fsp3) is 0.941. The van der Waals surface area contributed by atoms with E-state index in [2.05, 4.69) is 13.8 Å². The lowest BCUT2D eigenvalue weighted by molar-refractivity contribution is -0.133. The number of rotatable bonds is 1. The Balaban J connectivity index is 1.86. The lowest BCUT2D eigenvalue weighted by atomic mass is 9.52. The molecule has 1 N–H and O–H groups in total. The lowest BCUT2D eigenvalue weighted by Crippen LogP contribution is -2.48. The number of carbonyl (C=O) groups is 1. The van der Waals surface area contributed by atoms with Crippen LogP contribution in [0.3, 0.4) is 0 Å². The quantitative estimate of drug-likeness (QED) is 0.788. The summed E-state index contributed by atoms with van der Waals surface area (Å²) >= 11 is 0. The number of aliphatic hydroxyl groups excluding tert-OH is 1. The third kappa shape index (κ3) is 1.90. The number of ketones is 1. The third-order valence-electron chi connectivity index (χ3n) is 7.02. The van der Waals surface area contributed by atoms with Gasteiger partial charge in [-0.3, -0.25) is 4.79 Å². The molecule has 3 rings (SSSR count). The normalized spacial score (nSPS) is 51.6. The summed E-state index contributed by atoms with van der Waals surface area (Å²) in [5, 5.41) is 10.1. The summed E-state index contributed by atoms with van der Waals surface area (Å²) in [7, 11) is 0. The Labute approximate surface area is 117 Å². The Morgan fingerprint density at radius 3 is 2.63 bits per heavy atom. The molecule has 108 valence electrons. The number of fused-ring (bicyclic) bond motifs is 3. The Bertz CT molecular complexity index is 375.